The van der Waals surface area contributed by atoms with Crippen LogP contribution in [0.15, 0.2) is 65.5 Å². The molecule has 3 aromatic rings. The van der Waals surface area contributed by atoms with Gasteiger partial charge in [-0.3, -0.25) is 9.59 Å². The molecule has 0 bridgehead atoms. The van der Waals surface area contributed by atoms with Crippen molar-refractivity contribution in [2.24, 2.45) is 0 Å². The Morgan fingerprint density at radius 3 is 2.67 bits per heavy atom. The van der Waals surface area contributed by atoms with Gasteiger partial charge in [0.05, 0.1) is 24.4 Å². The van der Waals surface area contributed by atoms with Crippen molar-refractivity contribution in [3.63, 3.8) is 0 Å². The molecular formula is C20H16N4O3. The van der Waals surface area contributed by atoms with E-state index in [1.54, 1.807) is 49.6 Å². The Balaban J connectivity index is 1.78. The van der Waals surface area contributed by atoms with E-state index in [1.165, 1.54) is 6.07 Å². The molecule has 1 heterocycles. The second-order valence-corrected chi connectivity index (χ2v) is 5.68. The Morgan fingerprint density at radius 2 is 1.96 bits per heavy atom. The zero-order valence-electron chi connectivity index (χ0n) is 14.5. The van der Waals surface area contributed by atoms with Crippen LogP contribution < -0.4 is 15.6 Å². The van der Waals surface area contributed by atoms with Crippen LogP contribution in [0.4, 0.5) is 5.69 Å². The largest absolute Gasteiger partial charge is 0.497 e. The highest BCUT2D eigenvalue weighted by Crippen LogP contribution is 2.19. The van der Waals surface area contributed by atoms with Crippen molar-refractivity contribution in [1.29, 1.82) is 5.26 Å². The molecule has 7 heteroatoms. The summed E-state index contributed by atoms with van der Waals surface area (Å²) in [6.07, 6.45) is 0. The van der Waals surface area contributed by atoms with Crippen LogP contribution in [-0.2, 0) is 11.3 Å². The molecule has 3 rings (SSSR count). The minimum atomic E-state index is -0.411. The van der Waals surface area contributed by atoms with Crippen molar-refractivity contribution in [2.75, 3.05) is 12.4 Å². The summed E-state index contributed by atoms with van der Waals surface area (Å²) >= 11 is 0. The first-order valence-corrected chi connectivity index (χ1v) is 8.11. The molecule has 27 heavy (non-hydrogen) atoms. The molecule has 2 aromatic carbocycles. The molecule has 0 fully saturated rings. The molecule has 0 atom stereocenters. The molecule has 0 radical (unpaired) electrons. The van der Waals surface area contributed by atoms with Crippen LogP contribution in [0, 0.1) is 11.3 Å². The number of nitriles is 1. The van der Waals surface area contributed by atoms with Crippen molar-refractivity contribution in [3.8, 4) is 23.1 Å². The summed E-state index contributed by atoms with van der Waals surface area (Å²) in [4.78, 5) is 24.3. The van der Waals surface area contributed by atoms with Gasteiger partial charge in [0.25, 0.3) is 5.56 Å². The summed E-state index contributed by atoms with van der Waals surface area (Å²) in [5.41, 5.74) is 1.90. The number of methoxy groups -OCH3 is 1. The van der Waals surface area contributed by atoms with E-state index < -0.39 is 5.91 Å². The van der Waals surface area contributed by atoms with E-state index in [-0.39, 0.29) is 12.1 Å². The van der Waals surface area contributed by atoms with Crippen LogP contribution in [0.3, 0.4) is 0 Å². The van der Waals surface area contributed by atoms with E-state index in [9.17, 15) is 9.59 Å². The number of benzene rings is 2. The number of amides is 1. The number of aromatic nitrogens is 2. The van der Waals surface area contributed by atoms with Crippen LogP contribution in [-0.4, -0.2) is 22.8 Å². The molecule has 134 valence electrons. The molecule has 0 saturated carbocycles. The van der Waals surface area contributed by atoms with E-state index in [4.69, 9.17) is 10.00 Å². The Morgan fingerprint density at radius 1 is 1.19 bits per heavy atom. The molecule has 1 amide bonds. The minimum Gasteiger partial charge on any atom is -0.497 e. The Kier molecular flexibility index (Phi) is 5.28. The maximum absolute atomic E-state index is 12.3. The number of nitrogens with one attached hydrogen (secondary N) is 1. The van der Waals surface area contributed by atoms with E-state index in [0.29, 0.717) is 22.7 Å². The Hall–Kier alpha value is -3.92. The highest BCUT2D eigenvalue weighted by molar-refractivity contribution is 5.90. The lowest BCUT2D eigenvalue weighted by atomic mass is 10.1. The summed E-state index contributed by atoms with van der Waals surface area (Å²) in [6, 6.07) is 18.7. The number of hydrogen-bond acceptors (Lipinski definition) is 5. The maximum Gasteiger partial charge on any atom is 0.267 e. The Bertz CT molecular complexity index is 1070. The number of rotatable bonds is 5. The van der Waals surface area contributed by atoms with Gasteiger partial charge in [-0.15, -0.1) is 0 Å². The smallest absolute Gasteiger partial charge is 0.267 e. The third kappa shape index (κ3) is 4.38. The molecular weight excluding hydrogens is 344 g/mol. The SMILES string of the molecule is COc1ccc(-c2ccc(=O)n(CC(=O)Nc3cccc(C#N)c3)n2)cc1. The molecule has 0 unspecified atom stereocenters. The lowest BCUT2D eigenvalue weighted by Gasteiger charge is -2.09. The third-order valence-electron chi connectivity index (χ3n) is 3.82. The van der Waals surface area contributed by atoms with Gasteiger partial charge in [-0.1, -0.05) is 6.07 Å². The molecule has 0 aliphatic carbocycles. The molecule has 1 aromatic heterocycles. The lowest BCUT2D eigenvalue weighted by Crippen LogP contribution is -2.29. The summed E-state index contributed by atoms with van der Waals surface area (Å²) in [6.45, 7) is -0.236. The number of ether oxygens (including phenoxy) is 1. The zero-order valence-corrected chi connectivity index (χ0v) is 14.5. The highest BCUT2D eigenvalue weighted by atomic mass is 16.5. The standard InChI is InChI=1S/C20H16N4O3/c1-27-17-7-5-15(6-8-17)18-9-10-20(26)24(23-18)13-19(25)22-16-4-2-3-14(11-16)12-21/h2-11H,13H2,1H3,(H,22,25). The molecule has 0 aliphatic rings. The van der Waals surface area contributed by atoms with Crippen molar-refractivity contribution in [3.05, 3.63) is 76.6 Å². The molecule has 0 saturated heterocycles. The van der Waals surface area contributed by atoms with Crippen LogP contribution >= 0.6 is 0 Å². The Labute approximate surface area is 155 Å². The zero-order chi connectivity index (χ0) is 19.2. The lowest BCUT2D eigenvalue weighted by molar-refractivity contribution is -0.117. The quantitative estimate of drug-likeness (QED) is 0.754. The molecule has 0 spiro atoms. The first-order chi connectivity index (χ1) is 13.1. The summed E-state index contributed by atoms with van der Waals surface area (Å²) in [5.74, 6) is 0.303. The van der Waals surface area contributed by atoms with Gasteiger partial charge in [0.2, 0.25) is 5.91 Å². The van der Waals surface area contributed by atoms with Gasteiger partial charge in [-0.25, -0.2) is 4.68 Å². The monoisotopic (exact) mass is 360 g/mol. The van der Waals surface area contributed by atoms with Crippen LogP contribution in [0.1, 0.15) is 5.56 Å². The van der Waals surface area contributed by atoms with Gasteiger partial charge >= 0.3 is 0 Å². The number of carbonyl (C=O) groups excluding carboxylic acids is 1. The summed E-state index contributed by atoms with van der Waals surface area (Å²) in [7, 11) is 1.58. The average Bonchev–Trinajstić information content (AvgIpc) is 2.70. The van der Waals surface area contributed by atoms with Crippen molar-refractivity contribution >= 4 is 11.6 Å². The fourth-order valence-electron chi connectivity index (χ4n) is 2.48. The first kappa shape index (κ1) is 17.9. The second-order valence-electron chi connectivity index (χ2n) is 5.68. The van der Waals surface area contributed by atoms with Gasteiger partial charge in [0.15, 0.2) is 0 Å². The fraction of sp³-hybridized carbons (Fsp3) is 0.100. The third-order valence-corrected chi connectivity index (χ3v) is 3.82. The predicted molar refractivity (Wildman–Crippen MR) is 100 cm³/mol. The number of nitrogens with zero attached hydrogens (tertiary/aromatic N) is 3. The molecule has 0 aliphatic heterocycles. The molecule has 7 nitrogen and oxygen atoms in total. The van der Waals surface area contributed by atoms with E-state index in [1.807, 2.05) is 18.2 Å². The number of carbonyl (C=O) groups is 1. The van der Waals surface area contributed by atoms with E-state index in [0.717, 1.165) is 10.2 Å². The fourth-order valence-corrected chi connectivity index (χ4v) is 2.48. The van der Waals surface area contributed by atoms with E-state index in [2.05, 4.69) is 10.4 Å². The van der Waals surface area contributed by atoms with Gasteiger partial charge in [-0.05, 0) is 48.5 Å². The van der Waals surface area contributed by atoms with Gasteiger partial charge in [0.1, 0.15) is 12.3 Å². The topological polar surface area (TPSA) is 97.0 Å². The van der Waals surface area contributed by atoms with Crippen molar-refractivity contribution < 1.29 is 9.53 Å². The number of anilines is 1. The van der Waals surface area contributed by atoms with E-state index >= 15 is 0 Å². The molecule has 1 N–H and O–H groups in total. The summed E-state index contributed by atoms with van der Waals surface area (Å²) in [5, 5.41) is 15.8. The van der Waals surface area contributed by atoms with Crippen LogP contribution in [0.25, 0.3) is 11.3 Å². The van der Waals surface area contributed by atoms with Gasteiger partial charge < -0.3 is 10.1 Å². The average molecular weight is 360 g/mol. The normalized spacial score (nSPS) is 10.1. The van der Waals surface area contributed by atoms with Crippen molar-refractivity contribution in [1.82, 2.24) is 9.78 Å². The second kappa shape index (κ2) is 7.97. The number of hydrogen-bond donors (Lipinski definition) is 1. The minimum absolute atomic E-state index is 0.236. The van der Waals surface area contributed by atoms with Gasteiger partial charge in [0, 0.05) is 17.3 Å². The van der Waals surface area contributed by atoms with Gasteiger partial charge in [-0.2, -0.15) is 10.4 Å². The van der Waals surface area contributed by atoms with Crippen LogP contribution in [0.2, 0.25) is 0 Å². The van der Waals surface area contributed by atoms with Crippen molar-refractivity contribution in [2.45, 2.75) is 6.54 Å². The summed E-state index contributed by atoms with van der Waals surface area (Å²) < 4.78 is 6.23. The maximum atomic E-state index is 12.3. The predicted octanol–water partition coefficient (Wildman–Crippen LogP) is 2.43. The first-order valence-electron chi connectivity index (χ1n) is 8.11. The highest BCUT2D eigenvalue weighted by Gasteiger charge is 2.09. The van der Waals surface area contributed by atoms with Crippen LogP contribution in [0.5, 0.6) is 5.75 Å².